The minimum absolute atomic E-state index is 0.186. The molecule has 0 radical (unpaired) electrons. The highest BCUT2D eigenvalue weighted by molar-refractivity contribution is 6.07. The molecule has 10 nitrogen and oxygen atoms in total. The Morgan fingerprint density at radius 2 is 1.73 bits per heavy atom. The zero-order valence-corrected chi connectivity index (χ0v) is 19.6. The van der Waals surface area contributed by atoms with Crippen LogP contribution in [0.15, 0.2) is 69.9 Å². The monoisotopic (exact) mass is 508 g/mol. The van der Waals surface area contributed by atoms with Crippen LogP contribution in [0.1, 0.15) is 10.4 Å². The van der Waals surface area contributed by atoms with Gasteiger partial charge in [-0.1, -0.05) is 18.2 Å². The van der Waals surface area contributed by atoms with Crippen molar-refractivity contribution in [2.24, 2.45) is 0 Å². The Bertz CT molecular complexity index is 1480. The third-order valence-electron chi connectivity index (χ3n) is 6.37. The lowest BCUT2D eigenvalue weighted by Crippen LogP contribution is -2.60. The first-order chi connectivity index (χ1) is 17.8. The molecule has 3 aliphatic rings. The molecule has 0 aromatic heterocycles. The minimum atomic E-state index is -1.60. The minimum Gasteiger partial charge on any atom is -0.465 e. The smallest absolute Gasteiger partial charge is 0.338 e. The van der Waals surface area contributed by atoms with E-state index in [1.54, 1.807) is 42.5 Å². The molecule has 5 atom stereocenters. The summed E-state index contributed by atoms with van der Waals surface area (Å²) < 4.78 is 22.1. The molecular formula is C27H24O10. The molecule has 10 heteroatoms. The van der Waals surface area contributed by atoms with Gasteiger partial charge in [0, 0.05) is 28.6 Å². The van der Waals surface area contributed by atoms with Crippen LogP contribution in [0.25, 0.3) is 33.4 Å². The summed E-state index contributed by atoms with van der Waals surface area (Å²) in [6.07, 6.45) is -7.22. The van der Waals surface area contributed by atoms with Gasteiger partial charge < -0.3 is 39.1 Å². The molecule has 2 aliphatic heterocycles. The van der Waals surface area contributed by atoms with Gasteiger partial charge in [0.05, 0.1) is 19.3 Å². The highest BCUT2D eigenvalue weighted by Gasteiger charge is 2.44. The summed E-state index contributed by atoms with van der Waals surface area (Å²) in [5, 5.41) is 40.4. The predicted molar refractivity (Wildman–Crippen MR) is 130 cm³/mol. The number of aliphatic hydroxyl groups excluding tert-OH is 4. The fourth-order valence-corrected chi connectivity index (χ4v) is 4.50. The van der Waals surface area contributed by atoms with E-state index in [0.717, 1.165) is 0 Å². The van der Waals surface area contributed by atoms with Gasteiger partial charge in [0.2, 0.25) is 6.29 Å². The molecule has 5 rings (SSSR count). The Balaban J connectivity index is 1.64. The van der Waals surface area contributed by atoms with Crippen molar-refractivity contribution in [2.75, 3.05) is 13.7 Å². The molecule has 2 aromatic rings. The second-order valence-corrected chi connectivity index (χ2v) is 8.65. The van der Waals surface area contributed by atoms with E-state index in [1.165, 1.54) is 25.3 Å². The van der Waals surface area contributed by atoms with Crippen molar-refractivity contribution in [1.82, 2.24) is 0 Å². The van der Waals surface area contributed by atoms with E-state index in [0.29, 0.717) is 33.2 Å². The van der Waals surface area contributed by atoms with Crippen molar-refractivity contribution in [2.45, 2.75) is 30.7 Å². The van der Waals surface area contributed by atoms with Crippen LogP contribution in [0.2, 0.25) is 0 Å². The molecule has 1 aliphatic carbocycles. The summed E-state index contributed by atoms with van der Waals surface area (Å²) in [5.74, 6) is -0.0641. The van der Waals surface area contributed by atoms with Crippen LogP contribution >= 0.6 is 0 Å². The Morgan fingerprint density at radius 1 is 0.946 bits per heavy atom. The molecule has 0 saturated carbocycles. The maximum absolute atomic E-state index is 12.5. The lowest BCUT2D eigenvalue weighted by atomic mass is 9.91. The Morgan fingerprint density at radius 3 is 2.49 bits per heavy atom. The van der Waals surface area contributed by atoms with Gasteiger partial charge in [-0.3, -0.25) is 4.79 Å². The molecule has 37 heavy (non-hydrogen) atoms. The normalized spacial score (nSPS) is 23.8. The summed E-state index contributed by atoms with van der Waals surface area (Å²) in [7, 11) is 1.29. The number of ether oxygens (including phenoxy) is 3. The van der Waals surface area contributed by atoms with Crippen molar-refractivity contribution in [3.63, 3.8) is 0 Å². The molecule has 1 saturated heterocycles. The number of rotatable bonds is 5. The van der Waals surface area contributed by atoms with Crippen molar-refractivity contribution in [3.8, 4) is 28.2 Å². The largest absolute Gasteiger partial charge is 0.465 e. The van der Waals surface area contributed by atoms with Crippen LogP contribution in [0.5, 0.6) is 5.75 Å². The van der Waals surface area contributed by atoms with Crippen LogP contribution in [-0.4, -0.2) is 70.8 Å². The molecule has 192 valence electrons. The van der Waals surface area contributed by atoms with Crippen LogP contribution < -0.4 is 10.2 Å². The van der Waals surface area contributed by atoms with E-state index in [-0.39, 0.29) is 16.9 Å². The summed E-state index contributed by atoms with van der Waals surface area (Å²) in [4.78, 5) is 24.6. The highest BCUT2D eigenvalue weighted by Crippen LogP contribution is 2.42. The zero-order chi connectivity index (χ0) is 26.3. The maximum Gasteiger partial charge on any atom is 0.338 e. The average molecular weight is 508 g/mol. The number of esters is 1. The van der Waals surface area contributed by atoms with E-state index in [1.807, 2.05) is 0 Å². The van der Waals surface area contributed by atoms with Crippen LogP contribution in [0, 0.1) is 0 Å². The van der Waals surface area contributed by atoms with Crippen molar-refractivity contribution in [3.05, 3.63) is 76.5 Å². The van der Waals surface area contributed by atoms with Crippen LogP contribution in [-0.2, 0) is 9.47 Å². The number of carbonyl (C=O) groups excluding carboxylic acids is 1. The standard InChI is InChI=1S/C27H24O10/c1-34-26(33)16-5-3-2-4-15(16)22-17-8-6-13(29)10-19(17)36-20-11-14(7-9-18(20)22)35-27-25(32)24(31)23(30)21(12-28)37-27/h2-11,21,23-25,27-28,30-32H,12H2,1H3/t21-,23-,24+,25-,27-/m1/s1. The SMILES string of the molecule is COC(=O)c1ccccc1-c1c2ccc(=O)cc-2oc2cc(O[C@@H]3O[C@H](CO)[C@@H](O)[C@H](O)[C@H]3O)ccc12. The number of benzene rings is 3. The molecule has 0 unspecified atom stereocenters. The summed E-state index contributed by atoms with van der Waals surface area (Å²) in [6, 6.07) is 16.1. The average Bonchev–Trinajstić information content (AvgIpc) is 2.91. The van der Waals surface area contributed by atoms with E-state index in [9.17, 15) is 30.0 Å². The number of hydrogen-bond acceptors (Lipinski definition) is 10. The van der Waals surface area contributed by atoms with Gasteiger partial charge in [-0.05, 0) is 35.9 Å². The Kier molecular flexibility index (Phi) is 6.67. The van der Waals surface area contributed by atoms with E-state index >= 15 is 0 Å². The van der Waals surface area contributed by atoms with Crippen molar-refractivity contribution >= 4 is 16.9 Å². The maximum atomic E-state index is 12.5. The number of methoxy groups -OCH3 is 1. The molecule has 2 heterocycles. The van der Waals surface area contributed by atoms with Crippen LogP contribution in [0.3, 0.4) is 0 Å². The first kappa shape index (κ1) is 24.9. The first-order valence-corrected chi connectivity index (χ1v) is 11.5. The van der Waals surface area contributed by atoms with E-state index in [2.05, 4.69) is 0 Å². The summed E-state index contributed by atoms with van der Waals surface area (Å²) in [6.45, 7) is -0.593. The van der Waals surface area contributed by atoms with Crippen molar-refractivity contribution < 1.29 is 43.8 Å². The molecule has 1 fully saturated rings. The third-order valence-corrected chi connectivity index (χ3v) is 6.37. The van der Waals surface area contributed by atoms with Gasteiger partial charge >= 0.3 is 5.97 Å². The summed E-state index contributed by atoms with van der Waals surface area (Å²) in [5.41, 5.74) is 2.17. The molecule has 0 bridgehead atoms. The molecular weight excluding hydrogens is 484 g/mol. The van der Waals surface area contributed by atoms with Gasteiger partial charge in [-0.15, -0.1) is 0 Å². The predicted octanol–water partition coefficient (Wildman–Crippen LogP) is 1.53. The Labute approximate surface area is 210 Å². The number of aliphatic hydroxyl groups is 4. The number of carbonyl (C=O) groups is 1. The van der Waals surface area contributed by atoms with Gasteiger partial charge in [-0.2, -0.15) is 0 Å². The van der Waals surface area contributed by atoms with Gasteiger partial charge in [-0.25, -0.2) is 4.79 Å². The van der Waals surface area contributed by atoms with Crippen LogP contribution in [0.4, 0.5) is 0 Å². The Hall–Kier alpha value is -3.80. The lowest BCUT2D eigenvalue weighted by molar-refractivity contribution is -0.277. The van der Waals surface area contributed by atoms with E-state index in [4.69, 9.17) is 18.6 Å². The lowest BCUT2D eigenvalue weighted by Gasteiger charge is -2.39. The molecule has 4 N–H and O–H groups in total. The fourth-order valence-electron chi connectivity index (χ4n) is 4.50. The number of hydrogen-bond donors (Lipinski definition) is 4. The topological polar surface area (TPSA) is 156 Å². The molecule has 0 amide bonds. The fraction of sp³-hybridized carbons (Fsp3) is 0.259. The second-order valence-electron chi connectivity index (χ2n) is 8.65. The first-order valence-electron chi connectivity index (χ1n) is 11.5. The van der Waals surface area contributed by atoms with Crippen molar-refractivity contribution in [1.29, 1.82) is 0 Å². The third kappa shape index (κ3) is 4.45. The van der Waals surface area contributed by atoms with Gasteiger partial charge in [0.15, 0.2) is 5.43 Å². The molecule has 2 aromatic carbocycles. The highest BCUT2D eigenvalue weighted by atomic mass is 16.7. The van der Waals surface area contributed by atoms with Gasteiger partial charge in [0.1, 0.15) is 41.5 Å². The summed E-state index contributed by atoms with van der Waals surface area (Å²) >= 11 is 0. The number of fused-ring (bicyclic) bond motifs is 2. The second kappa shape index (κ2) is 9.92. The van der Waals surface area contributed by atoms with Gasteiger partial charge in [0.25, 0.3) is 0 Å². The van der Waals surface area contributed by atoms with E-state index < -0.39 is 43.3 Å². The molecule has 0 spiro atoms. The zero-order valence-electron chi connectivity index (χ0n) is 19.6. The quantitative estimate of drug-likeness (QED) is 0.230.